The summed E-state index contributed by atoms with van der Waals surface area (Å²) in [6.45, 7) is 2.80. The van der Waals surface area contributed by atoms with E-state index in [1.165, 1.54) is 0 Å². The smallest absolute Gasteiger partial charge is 0.309 e. The SMILES string of the molecule is CCC1(C(=O)O)CCN(C(=O)c2cc(Cl)ccc2Br)CC1. The van der Waals surface area contributed by atoms with Crippen LogP contribution in [-0.2, 0) is 4.79 Å². The molecule has 1 amide bonds. The number of aliphatic carboxylic acids is 1. The highest BCUT2D eigenvalue weighted by Crippen LogP contribution is 2.36. The van der Waals surface area contributed by atoms with Crippen LogP contribution in [0.3, 0.4) is 0 Å². The van der Waals surface area contributed by atoms with Crippen LogP contribution in [0.4, 0.5) is 0 Å². The van der Waals surface area contributed by atoms with E-state index in [4.69, 9.17) is 11.6 Å². The number of hydrogen-bond acceptors (Lipinski definition) is 2. The topological polar surface area (TPSA) is 57.6 Å². The van der Waals surface area contributed by atoms with Crippen molar-refractivity contribution in [1.29, 1.82) is 0 Å². The Hall–Kier alpha value is -1.07. The van der Waals surface area contributed by atoms with Gasteiger partial charge in [-0.15, -0.1) is 0 Å². The molecule has 1 saturated heterocycles. The molecule has 114 valence electrons. The summed E-state index contributed by atoms with van der Waals surface area (Å²) in [6, 6.07) is 5.09. The highest BCUT2D eigenvalue weighted by atomic mass is 79.9. The highest BCUT2D eigenvalue weighted by Gasteiger charge is 2.41. The van der Waals surface area contributed by atoms with Crippen molar-refractivity contribution in [2.24, 2.45) is 5.41 Å². The molecule has 1 aliphatic heterocycles. The maximum atomic E-state index is 12.5. The third-order valence-electron chi connectivity index (χ3n) is 4.30. The zero-order valence-corrected chi connectivity index (χ0v) is 14.1. The van der Waals surface area contributed by atoms with Crippen LogP contribution in [0.1, 0.15) is 36.5 Å². The lowest BCUT2D eigenvalue weighted by molar-refractivity contribution is -0.152. The second kappa shape index (κ2) is 6.36. The monoisotopic (exact) mass is 373 g/mol. The summed E-state index contributed by atoms with van der Waals surface area (Å²) in [4.78, 5) is 25.7. The van der Waals surface area contributed by atoms with E-state index in [0.29, 0.717) is 47.4 Å². The van der Waals surface area contributed by atoms with Crippen molar-refractivity contribution >= 4 is 39.4 Å². The van der Waals surface area contributed by atoms with Crippen molar-refractivity contribution in [3.63, 3.8) is 0 Å². The molecule has 1 aliphatic rings. The van der Waals surface area contributed by atoms with Crippen LogP contribution in [0.5, 0.6) is 0 Å². The molecule has 0 radical (unpaired) electrons. The van der Waals surface area contributed by atoms with Gasteiger partial charge >= 0.3 is 5.97 Å². The summed E-state index contributed by atoms with van der Waals surface area (Å²) in [5.41, 5.74) is -0.177. The maximum absolute atomic E-state index is 12.5. The molecule has 0 atom stereocenters. The number of likely N-dealkylation sites (tertiary alicyclic amines) is 1. The van der Waals surface area contributed by atoms with E-state index < -0.39 is 11.4 Å². The van der Waals surface area contributed by atoms with Gasteiger partial charge in [-0.1, -0.05) is 18.5 Å². The molecule has 0 spiro atoms. The average molecular weight is 375 g/mol. The highest BCUT2D eigenvalue weighted by molar-refractivity contribution is 9.10. The minimum absolute atomic E-state index is 0.112. The zero-order chi connectivity index (χ0) is 15.6. The third kappa shape index (κ3) is 3.24. The number of benzene rings is 1. The number of hydrogen-bond donors (Lipinski definition) is 1. The van der Waals surface area contributed by atoms with Crippen molar-refractivity contribution in [1.82, 2.24) is 4.90 Å². The molecule has 1 heterocycles. The molecule has 21 heavy (non-hydrogen) atoms. The van der Waals surface area contributed by atoms with Gasteiger partial charge in [0, 0.05) is 22.6 Å². The van der Waals surface area contributed by atoms with E-state index in [1.807, 2.05) is 6.92 Å². The number of carboxylic acids is 1. The van der Waals surface area contributed by atoms with E-state index in [-0.39, 0.29) is 5.91 Å². The quantitative estimate of drug-likeness (QED) is 0.875. The van der Waals surface area contributed by atoms with Gasteiger partial charge in [0.15, 0.2) is 0 Å². The number of carbonyl (C=O) groups is 2. The van der Waals surface area contributed by atoms with Gasteiger partial charge in [0.1, 0.15) is 0 Å². The van der Waals surface area contributed by atoms with Crippen LogP contribution in [0.15, 0.2) is 22.7 Å². The van der Waals surface area contributed by atoms with E-state index in [9.17, 15) is 14.7 Å². The molecule has 1 aromatic carbocycles. The molecule has 1 aromatic rings. The Morgan fingerprint density at radius 1 is 1.38 bits per heavy atom. The van der Waals surface area contributed by atoms with Crippen molar-refractivity contribution in [3.05, 3.63) is 33.3 Å². The second-order valence-electron chi connectivity index (χ2n) is 5.36. The van der Waals surface area contributed by atoms with Gasteiger partial charge < -0.3 is 10.0 Å². The van der Waals surface area contributed by atoms with Gasteiger partial charge in [0.2, 0.25) is 0 Å². The summed E-state index contributed by atoms with van der Waals surface area (Å²) in [7, 11) is 0. The van der Waals surface area contributed by atoms with E-state index in [2.05, 4.69) is 15.9 Å². The number of carbonyl (C=O) groups excluding carboxylic acids is 1. The summed E-state index contributed by atoms with van der Waals surface area (Å²) < 4.78 is 0.697. The number of carboxylic acid groups (broad SMARTS) is 1. The van der Waals surface area contributed by atoms with Crippen molar-refractivity contribution in [2.75, 3.05) is 13.1 Å². The number of halogens is 2. The van der Waals surface area contributed by atoms with Crippen LogP contribution in [0.2, 0.25) is 5.02 Å². The van der Waals surface area contributed by atoms with Gasteiger partial charge in [0.25, 0.3) is 5.91 Å². The van der Waals surface area contributed by atoms with Gasteiger partial charge in [-0.25, -0.2) is 0 Å². The summed E-state index contributed by atoms with van der Waals surface area (Å²) in [6.07, 6.45) is 1.57. The minimum Gasteiger partial charge on any atom is -0.481 e. The lowest BCUT2D eigenvalue weighted by atomic mass is 9.76. The summed E-state index contributed by atoms with van der Waals surface area (Å²) in [5.74, 6) is -0.875. The minimum atomic E-state index is -0.763. The van der Waals surface area contributed by atoms with E-state index in [1.54, 1.807) is 23.1 Å². The first-order valence-corrected chi connectivity index (χ1v) is 8.04. The predicted molar refractivity (Wildman–Crippen MR) is 84.6 cm³/mol. The van der Waals surface area contributed by atoms with Gasteiger partial charge in [0.05, 0.1) is 11.0 Å². The fourth-order valence-electron chi connectivity index (χ4n) is 2.69. The molecular formula is C15H17BrClNO3. The Morgan fingerprint density at radius 3 is 2.52 bits per heavy atom. The number of piperidine rings is 1. The molecule has 0 aromatic heterocycles. The molecule has 1 N–H and O–H groups in total. The molecule has 4 nitrogen and oxygen atoms in total. The number of rotatable bonds is 3. The fraction of sp³-hybridized carbons (Fsp3) is 0.467. The first-order chi connectivity index (χ1) is 9.89. The van der Waals surface area contributed by atoms with E-state index >= 15 is 0 Å². The first-order valence-electron chi connectivity index (χ1n) is 6.87. The Labute approximate surface area is 137 Å². The molecule has 0 bridgehead atoms. The average Bonchev–Trinajstić information content (AvgIpc) is 2.49. The standard InChI is InChI=1S/C15H17BrClNO3/c1-2-15(14(20)21)5-7-18(8-6-15)13(19)11-9-10(17)3-4-12(11)16/h3-4,9H,2,5-8H2,1H3,(H,20,21). The van der Waals surface area contributed by atoms with E-state index in [0.717, 1.165) is 0 Å². The molecular weight excluding hydrogens is 358 g/mol. The molecule has 2 rings (SSSR count). The normalized spacial score (nSPS) is 17.6. The summed E-state index contributed by atoms with van der Waals surface area (Å²) >= 11 is 9.30. The van der Waals surface area contributed by atoms with Crippen LogP contribution in [0, 0.1) is 5.41 Å². The molecule has 6 heteroatoms. The Kier molecular flexibility index (Phi) is 4.94. The Balaban J connectivity index is 2.13. The zero-order valence-electron chi connectivity index (χ0n) is 11.7. The molecule has 0 saturated carbocycles. The van der Waals surface area contributed by atoms with Crippen LogP contribution in [-0.4, -0.2) is 35.0 Å². The van der Waals surface area contributed by atoms with Crippen LogP contribution >= 0.6 is 27.5 Å². The molecule has 0 aliphatic carbocycles. The largest absolute Gasteiger partial charge is 0.481 e. The second-order valence-corrected chi connectivity index (χ2v) is 6.65. The lowest BCUT2D eigenvalue weighted by Crippen LogP contribution is -2.46. The van der Waals surface area contributed by atoms with Crippen molar-refractivity contribution < 1.29 is 14.7 Å². The van der Waals surface area contributed by atoms with Gasteiger partial charge in [-0.3, -0.25) is 9.59 Å². The Morgan fingerprint density at radius 2 is 2.00 bits per heavy atom. The number of amides is 1. The maximum Gasteiger partial charge on any atom is 0.309 e. The van der Waals surface area contributed by atoms with Crippen molar-refractivity contribution in [3.8, 4) is 0 Å². The lowest BCUT2D eigenvalue weighted by Gasteiger charge is -2.38. The molecule has 0 unspecified atom stereocenters. The third-order valence-corrected chi connectivity index (χ3v) is 5.22. The summed E-state index contributed by atoms with van der Waals surface area (Å²) in [5, 5.41) is 9.89. The fourth-order valence-corrected chi connectivity index (χ4v) is 3.28. The Bertz CT molecular complexity index is 568. The van der Waals surface area contributed by atoms with Crippen LogP contribution in [0.25, 0.3) is 0 Å². The van der Waals surface area contributed by atoms with Crippen LogP contribution < -0.4 is 0 Å². The first kappa shape index (κ1) is 16.3. The van der Waals surface area contributed by atoms with Crippen molar-refractivity contribution in [2.45, 2.75) is 26.2 Å². The van der Waals surface area contributed by atoms with Gasteiger partial charge in [-0.05, 0) is 53.4 Å². The number of nitrogens with zero attached hydrogens (tertiary/aromatic N) is 1. The molecule has 1 fully saturated rings. The predicted octanol–water partition coefficient (Wildman–Crippen LogP) is 3.82. The van der Waals surface area contributed by atoms with Gasteiger partial charge in [-0.2, -0.15) is 0 Å².